The molecule has 10 heteroatoms. The fourth-order valence-electron chi connectivity index (χ4n) is 4.32. The van der Waals surface area contributed by atoms with E-state index in [4.69, 9.17) is 0 Å². The number of alkyl halides is 3. The Morgan fingerprint density at radius 1 is 0.970 bits per heavy atom. The van der Waals surface area contributed by atoms with Crippen molar-refractivity contribution in [1.29, 1.82) is 0 Å². The fraction of sp³-hybridized carbons (Fsp3) is 0.435. The minimum atomic E-state index is -4.36. The molecule has 0 unspecified atom stereocenters. The maximum atomic E-state index is 13.2. The maximum Gasteiger partial charge on any atom is 0.416 e. The second-order valence-electron chi connectivity index (χ2n) is 8.58. The van der Waals surface area contributed by atoms with Crippen LogP contribution in [0.1, 0.15) is 36.8 Å². The summed E-state index contributed by atoms with van der Waals surface area (Å²) in [6.07, 6.45) is -4.36. The predicted molar refractivity (Wildman–Crippen MR) is 116 cm³/mol. The zero-order valence-corrected chi connectivity index (χ0v) is 18.5. The number of anilines is 1. The SMILES string of the molecule is CC(C)[C@@H](c1nnnn1Cc1ccc(F)cc1)N1CCN(c2cccc(C(F)(F)F)c2)CC1. The van der Waals surface area contributed by atoms with E-state index in [1.165, 1.54) is 24.3 Å². The summed E-state index contributed by atoms with van der Waals surface area (Å²) >= 11 is 0. The number of hydrogen-bond donors (Lipinski definition) is 0. The Morgan fingerprint density at radius 2 is 1.67 bits per heavy atom. The van der Waals surface area contributed by atoms with E-state index in [-0.39, 0.29) is 17.8 Å². The molecule has 2 aromatic carbocycles. The average Bonchev–Trinajstić information content (AvgIpc) is 3.23. The molecule has 0 N–H and O–H groups in total. The number of benzene rings is 2. The molecule has 0 saturated carbocycles. The van der Waals surface area contributed by atoms with E-state index in [1.54, 1.807) is 22.9 Å². The first-order valence-electron chi connectivity index (χ1n) is 10.9. The molecular formula is C23H26F4N6. The molecule has 0 amide bonds. The quantitative estimate of drug-likeness (QED) is 0.509. The monoisotopic (exact) mass is 462 g/mol. The van der Waals surface area contributed by atoms with Gasteiger partial charge in [-0.25, -0.2) is 9.07 Å². The van der Waals surface area contributed by atoms with Gasteiger partial charge in [0.15, 0.2) is 5.82 Å². The van der Waals surface area contributed by atoms with Gasteiger partial charge in [-0.3, -0.25) is 4.90 Å². The van der Waals surface area contributed by atoms with Crippen LogP contribution in [0.15, 0.2) is 48.5 Å². The lowest BCUT2D eigenvalue weighted by Gasteiger charge is -2.41. The lowest BCUT2D eigenvalue weighted by atomic mass is 10.0. The first-order valence-corrected chi connectivity index (χ1v) is 10.9. The number of rotatable bonds is 6. The van der Waals surface area contributed by atoms with Gasteiger partial charge in [-0.1, -0.05) is 32.0 Å². The van der Waals surface area contributed by atoms with Crippen molar-refractivity contribution in [1.82, 2.24) is 25.1 Å². The molecule has 1 aliphatic heterocycles. The molecule has 1 aliphatic rings. The van der Waals surface area contributed by atoms with Crippen LogP contribution in [0.2, 0.25) is 0 Å². The third kappa shape index (κ3) is 5.32. The van der Waals surface area contributed by atoms with Crippen LogP contribution in [0, 0.1) is 11.7 Å². The van der Waals surface area contributed by atoms with Crippen molar-refractivity contribution < 1.29 is 17.6 Å². The van der Waals surface area contributed by atoms with Crippen LogP contribution in [0.3, 0.4) is 0 Å². The van der Waals surface area contributed by atoms with Gasteiger partial charge in [-0.15, -0.1) is 5.10 Å². The lowest BCUT2D eigenvalue weighted by Crippen LogP contribution is -2.49. The Labute approximate surface area is 189 Å². The summed E-state index contributed by atoms with van der Waals surface area (Å²) in [6, 6.07) is 11.6. The summed E-state index contributed by atoms with van der Waals surface area (Å²) in [5.41, 5.74) is 0.830. The van der Waals surface area contributed by atoms with Gasteiger partial charge in [-0.2, -0.15) is 13.2 Å². The third-order valence-corrected chi connectivity index (χ3v) is 5.95. The van der Waals surface area contributed by atoms with Gasteiger partial charge < -0.3 is 4.90 Å². The molecule has 0 radical (unpaired) electrons. The normalized spacial score (nSPS) is 16.4. The number of aromatic nitrogens is 4. The van der Waals surface area contributed by atoms with E-state index in [2.05, 4.69) is 34.3 Å². The standard InChI is InChI=1S/C23H26F4N6/c1-16(2)21(22-28-29-30-33(22)15-17-6-8-19(24)9-7-17)32-12-10-31(11-13-32)20-5-3-4-18(14-20)23(25,26)27/h3-9,14,16,21H,10-13,15H2,1-2H3/t21-/m0/s1. The van der Waals surface area contributed by atoms with E-state index in [0.29, 0.717) is 38.4 Å². The van der Waals surface area contributed by atoms with Gasteiger partial charge in [0, 0.05) is 31.9 Å². The van der Waals surface area contributed by atoms with Gasteiger partial charge in [0.1, 0.15) is 5.82 Å². The summed E-state index contributed by atoms with van der Waals surface area (Å²) in [6.45, 7) is 7.16. The second kappa shape index (κ2) is 9.46. The number of hydrogen-bond acceptors (Lipinski definition) is 5. The lowest BCUT2D eigenvalue weighted by molar-refractivity contribution is -0.137. The molecule has 6 nitrogen and oxygen atoms in total. The Balaban J connectivity index is 1.48. The summed E-state index contributed by atoms with van der Waals surface area (Å²) in [7, 11) is 0. The molecule has 1 fully saturated rings. The molecule has 0 aliphatic carbocycles. The summed E-state index contributed by atoms with van der Waals surface area (Å²) in [5.74, 6) is 0.638. The summed E-state index contributed by atoms with van der Waals surface area (Å²) < 4.78 is 54.3. The van der Waals surface area contributed by atoms with Gasteiger partial charge >= 0.3 is 6.18 Å². The van der Waals surface area contributed by atoms with Gasteiger partial charge in [-0.05, 0) is 52.2 Å². The van der Waals surface area contributed by atoms with Crippen molar-refractivity contribution in [2.24, 2.45) is 5.92 Å². The van der Waals surface area contributed by atoms with Crippen molar-refractivity contribution in [3.05, 3.63) is 71.3 Å². The summed E-state index contributed by atoms with van der Waals surface area (Å²) in [5, 5.41) is 12.3. The van der Waals surface area contributed by atoms with Crippen molar-refractivity contribution in [3.63, 3.8) is 0 Å². The minimum Gasteiger partial charge on any atom is -0.369 e. The topological polar surface area (TPSA) is 50.1 Å². The average molecular weight is 462 g/mol. The zero-order valence-electron chi connectivity index (χ0n) is 18.5. The Hall–Kier alpha value is -3.01. The number of nitrogens with zero attached hydrogens (tertiary/aromatic N) is 6. The van der Waals surface area contributed by atoms with Crippen molar-refractivity contribution in [2.45, 2.75) is 32.6 Å². The molecule has 33 heavy (non-hydrogen) atoms. The fourth-order valence-corrected chi connectivity index (χ4v) is 4.32. The number of piperazine rings is 1. The number of tetrazole rings is 1. The first-order chi connectivity index (χ1) is 15.7. The highest BCUT2D eigenvalue weighted by Crippen LogP contribution is 2.33. The van der Waals surface area contributed by atoms with E-state index >= 15 is 0 Å². The van der Waals surface area contributed by atoms with E-state index in [1.807, 2.05) is 4.90 Å². The van der Waals surface area contributed by atoms with Gasteiger partial charge in [0.05, 0.1) is 18.2 Å². The molecule has 4 rings (SSSR count). The molecule has 0 bridgehead atoms. The smallest absolute Gasteiger partial charge is 0.369 e. The predicted octanol–water partition coefficient (Wildman–Crippen LogP) is 4.40. The largest absolute Gasteiger partial charge is 0.416 e. The minimum absolute atomic E-state index is 0.0518. The maximum absolute atomic E-state index is 13.2. The number of halogens is 4. The van der Waals surface area contributed by atoms with Crippen LogP contribution in [-0.2, 0) is 12.7 Å². The van der Waals surface area contributed by atoms with Crippen molar-refractivity contribution in [3.8, 4) is 0 Å². The molecular weight excluding hydrogens is 436 g/mol. The van der Waals surface area contributed by atoms with Crippen LogP contribution in [0.4, 0.5) is 23.2 Å². The molecule has 1 saturated heterocycles. The van der Waals surface area contributed by atoms with E-state index in [9.17, 15) is 17.6 Å². The van der Waals surface area contributed by atoms with E-state index in [0.717, 1.165) is 17.5 Å². The second-order valence-corrected chi connectivity index (χ2v) is 8.58. The van der Waals surface area contributed by atoms with Crippen molar-refractivity contribution in [2.75, 3.05) is 31.1 Å². The zero-order chi connectivity index (χ0) is 23.6. The van der Waals surface area contributed by atoms with Crippen LogP contribution in [0.5, 0.6) is 0 Å². The Morgan fingerprint density at radius 3 is 2.30 bits per heavy atom. The third-order valence-electron chi connectivity index (χ3n) is 5.95. The molecule has 2 heterocycles. The Bertz CT molecular complexity index is 1060. The van der Waals surface area contributed by atoms with Crippen LogP contribution in [-0.4, -0.2) is 51.3 Å². The highest BCUT2D eigenvalue weighted by atomic mass is 19.4. The molecule has 1 aromatic heterocycles. The molecule has 1 atom stereocenters. The van der Waals surface area contributed by atoms with Crippen molar-refractivity contribution >= 4 is 5.69 Å². The van der Waals surface area contributed by atoms with Crippen LogP contribution in [0.25, 0.3) is 0 Å². The molecule has 3 aromatic rings. The molecule has 176 valence electrons. The van der Waals surface area contributed by atoms with Gasteiger partial charge in [0.25, 0.3) is 0 Å². The van der Waals surface area contributed by atoms with Crippen LogP contribution < -0.4 is 4.90 Å². The summed E-state index contributed by atoms with van der Waals surface area (Å²) in [4.78, 5) is 4.26. The highest BCUT2D eigenvalue weighted by Gasteiger charge is 2.33. The molecule has 0 spiro atoms. The van der Waals surface area contributed by atoms with Crippen LogP contribution >= 0.6 is 0 Å². The first kappa shape index (κ1) is 23.2. The van der Waals surface area contributed by atoms with Gasteiger partial charge in [0.2, 0.25) is 0 Å². The van der Waals surface area contributed by atoms with E-state index < -0.39 is 11.7 Å². The Kier molecular flexibility index (Phi) is 6.64. The highest BCUT2D eigenvalue weighted by molar-refractivity contribution is 5.49.